The van der Waals surface area contributed by atoms with Gasteiger partial charge < -0.3 is 10.1 Å². The summed E-state index contributed by atoms with van der Waals surface area (Å²) in [5.41, 5.74) is 0. The fourth-order valence-electron chi connectivity index (χ4n) is 2.32. The van der Waals surface area contributed by atoms with E-state index in [1.807, 2.05) is 6.92 Å². The molecule has 1 heterocycles. The van der Waals surface area contributed by atoms with E-state index < -0.39 is 0 Å². The molecule has 0 aromatic heterocycles. The average molecular weight is 239 g/mol. The molecule has 3 unspecified atom stereocenters. The van der Waals surface area contributed by atoms with Gasteiger partial charge in [-0.1, -0.05) is 13.8 Å². The summed E-state index contributed by atoms with van der Waals surface area (Å²) in [6, 6.07) is 2.82. The maximum Gasteiger partial charge on any atom is 0.0965 e. The number of hydrogen-bond acceptors (Lipinski definition) is 4. The summed E-state index contributed by atoms with van der Waals surface area (Å²) >= 11 is 0. The minimum absolute atomic E-state index is 0.0179. The molecule has 0 saturated carbocycles. The quantitative estimate of drug-likeness (QED) is 0.760. The van der Waals surface area contributed by atoms with Crippen LogP contribution in [0, 0.1) is 11.3 Å². The van der Waals surface area contributed by atoms with Crippen LogP contribution in [-0.2, 0) is 4.74 Å². The molecule has 1 rings (SSSR count). The van der Waals surface area contributed by atoms with Crippen molar-refractivity contribution in [1.29, 1.82) is 5.26 Å². The van der Waals surface area contributed by atoms with Crippen molar-refractivity contribution in [2.45, 2.75) is 51.8 Å². The SMILES string of the molecule is CCNC(C#N)CCN1CC(C)OCC1CC. The van der Waals surface area contributed by atoms with Crippen LogP contribution in [0.15, 0.2) is 0 Å². The van der Waals surface area contributed by atoms with Crippen molar-refractivity contribution < 1.29 is 4.74 Å². The van der Waals surface area contributed by atoms with E-state index in [1.165, 1.54) is 0 Å². The highest BCUT2D eigenvalue weighted by molar-refractivity contribution is 4.90. The van der Waals surface area contributed by atoms with E-state index >= 15 is 0 Å². The molecule has 3 atom stereocenters. The standard InChI is InChI=1S/C13H25N3O/c1-4-13-10-17-11(3)9-16(13)7-6-12(8-14)15-5-2/h11-13,15H,4-7,9-10H2,1-3H3. The molecule has 0 aromatic carbocycles. The highest BCUT2D eigenvalue weighted by atomic mass is 16.5. The first-order chi connectivity index (χ1) is 8.21. The molecule has 0 aromatic rings. The first-order valence-corrected chi connectivity index (χ1v) is 6.69. The molecule has 98 valence electrons. The summed E-state index contributed by atoms with van der Waals surface area (Å²) in [5.74, 6) is 0. The van der Waals surface area contributed by atoms with Gasteiger partial charge in [-0.05, 0) is 26.3 Å². The van der Waals surface area contributed by atoms with Gasteiger partial charge in [0.2, 0.25) is 0 Å². The Balaban J connectivity index is 2.39. The van der Waals surface area contributed by atoms with E-state index in [1.54, 1.807) is 0 Å². The minimum Gasteiger partial charge on any atom is -0.376 e. The highest BCUT2D eigenvalue weighted by Gasteiger charge is 2.25. The van der Waals surface area contributed by atoms with Crippen LogP contribution in [0.4, 0.5) is 0 Å². The van der Waals surface area contributed by atoms with Gasteiger partial charge in [-0.2, -0.15) is 5.26 Å². The van der Waals surface area contributed by atoms with Gasteiger partial charge in [-0.25, -0.2) is 0 Å². The lowest BCUT2D eigenvalue weighted by atomic mass is 10.1. The Bertz CT molecular complexity index is 252. The number of rotatable bonds is 6. The average Bonchev–Trinajstić information content (AvgIpc) is 2.34. The Kier molecular flexibility index (Phi) is 6.49. The molecule has 1 saturated heterocycles. The maximum absolute atomic E-state index is 9.01. The smallest absolute Gasteiger partial charge is 0.0965 e. The Labute approximate surface area is 105 Å². The number of hydrogen-bond donors (Lipinski definition) is 1. The number of ether oxygens (including phenoxy) is 1. The minimum atomic E-state index is -0.0179. The fraction of sp³-hybridized carbons (Fsp3) is 0.923. The van der Waals surface area contributed by atoms with E-state index in [9.17, 15) is 0 Å². The lowest BCUT2D eigenvalue weighted by Gasteiger charge is -2.38. The predicted molar refractivity (Wildman–Crippen MR) is 68.8 cm³/mol. The monoisotopic (exact) mass is 239 g/mol. The van der Waals surface area contributed by atoms with Gasteiger partial charge in [0.1, 0.15) is 0 Å². The van der Waals surface area contributed by atoms with Gasteiger partial charge in [-0.15, -0.1) is 0 Å². The first kappa shape index (κ1) is 14.4. The Morgan fingerprint density at radius 1 is 1.53 bits per heavy atom. The summed E-state index contributed by atoms with van der Waals surface area (Å²) in [4.78, 5) is 2.47. The van der Waals surface area contributed by atoms with Crippen LogP contribution < -0.4 is 5.32 Å². The molecule has 4 heteroatoms. The van der Waals surface area contributed by atoms with Crippen molar-refractivity contribution >= 4 is 0 Å². The molecule has 1 aliphatic heterocycles. The Morgan fingerprint density at radius 3 is 2.88 bits per heavy atom. The molecule has 1 aliphatic rings. The summed E-state index contributed by atoms with van der Waals surface area (Å²) in [7, 11) is 0. The molecule has 0 radical (unpaired) electrons. The molecule has 0 amide bonds. The third kappa shape index (κ3) is 4.63. The molecular formula is C13H25N3O. The fourth-order valence-corrected chi connectivity index (χ4v) is 2.32. The zero-order valence-electron chi connectivity index (χ0n) is 11.3. The zero-order valence-corrected chi connectivity index (χ0v) is 11.3. The maximum atomic E-state index is 9.01. The van der Waals surface area contributed by atoms with Crippen molar-refractivity contribution in [3.63, 3.8) is 0 Å². The molecule has 0 aliphatic carbocycles. The van der Waals surface area contributed by atoms with Gasteiger partial charge in [0.15, 0.2) is 0 Å². The second-order valence-corrected chi connectivity index (χ2v) is 4.73. The molecular weight excluding hydrogens is 214 g/mol. The van der Waals surface area contributed by atoms with Crippen LogP contribution in [0.1, 0.15) is 33.6 Å². The number of nitriles is 1. The van der Waals surface area contributed by atoms with E-state index in [0.29, 0.717) is 12.1 Å². The Morgan fingerprint density at radius 2 is 2.29 bits per heavy atom. The topological polar surface area (TPSA) is 48.3 Å². The van der Waals surface area contributed by atoms with Gasteiger partial charge in [0.05, 0.1) is 24.8 Å². The van der Waals surface area contributed by atoms with E-state index in [2.05, 4.69) is 30.1 Å². The van der Waals surface area contributed by atoms with E-state index in [4.69, 9.17) is 10.00 Å². The molecule has 4 nitrogen and oxygen atoms in total. The van der Waals surface area contributed by atoms with Crippen molar-refractivity contribution in [1.82, 2.24) is 10.2 Å². The Hall–Kier alpha value is -0.630. The van der Waals surface area contributed by atoms with Gasteiger partial charge >= 0.3 is 0 Å². The largest absolute Gasteiger partial charge is 0.376 e. The second kappa shape index (κ2) is 7.65. The molecule has 1 fully saturated rings. The van der Waals surface area contributed by atoms with E-state index in [0.717, 1.165) is 39.1 Å². The van der Waals surface area contributed by atoms with E-state index in [-0.39, 0.29) is 6.04 Å². The molecule has 1 N–H and O–H groups in total. The van der Waals surface area contributed by atoms with Crippen molar-refractivity contribution in [2.75, 3.05) is 26.2 Å². The number of morpholine rings is 1. The lowest BCUT2D eigenvalue weighted by Crippen LogP contribution is -2.49. The van der Waals surface area contributed by atoms with Gasteiger partial charge in [0.25, 0.3) is 0 Å². The second-order valence-electron chi connectivity index (χ2n) is 4.73. The van der Waals surface area contributed by atoms with Crippen LogP contribution in [0.5, 0.6) is 0 Å². The third-order valence-electron chi connectivity index (χ3n) is 3.36. The van der Waals surface area contributed by atoms with Crippen LogP contribution in [0.2, 0.25) is 0 Å². The van der Waals surface area contributed by atoms with Crippen LogP contribution in [-0.4, -0.2) is 49.3 Å². The molecule has 17 heavy (non-hydrogen) atoms. The highest BCUT2D eigenvalue weighted by Crippen LogP contribution is 2.15. The van der Waals surface area contributed by atoms with Gasteiger partial charge in [0, 0.05) is 19.1 Å². The summed E-state index contributed by atoms with van der Waals surface area (Å²) in [6.07, 6.45) is 2.33. The van der Waals surface area contributed by atoms with Crippen molar-refractivity contribution in [3.05, 3.63) is 0 Å². The molecule has 0 spiro atoms. The third-order valence-corrected chi connectivity index (χ3v) is 3.36. The number of nitrogens with one attached hydrogen (secondary N) is 1. The zero-order chi connectivity index (χ0) is 12.7. The van der Waals surface area contributed by atoms with Crippen LogP contribution in [0.3, 0.4) is 0 Å². The lowest BCUT2D eigenvalue weighted by molar-refractivity contribution is -0.0563. The van der Waals surface area contributed by atoms with Crippen LogP contribution >= 0.6 is 0 Å². The molecule has 0 bridgehead atoms. The van der Waals surface area contributed by atoms with Gasteiger partial charge in [-0.3, -0.25) is 4.90 Å². The summed E-state index contributed by atoms with van der Waals surface area (Å²) < 4.78 is 5.67. The first-order valence-electron chi connectivity index (χ1n) is 6.69. The van der Waals surface area contributed by atoms with Crippen LogP contribution in [0.25, 0.3) is 0 Å². The predicted octanol–water partition coefficient (Wildman–Crippen LogP) is 1.38. The van der Waals surface area contributed by atoms with Crippen molar-refractivity contribution in [3.8, 4) is 6.07 Å². The normalized spacial score (nSPS) is 27.6. The summed E-state index contributed by atoms with van der Waals surface area (Å²) in [5, 5.41) is 12.2. The number of nitrogens with zero attached hydrogens (tertiary/aromatic N) is 2. The summed E-state index contributed by atoms with van der Waals surface area (Å²) in [6.45, 7) is 10.0. The van der Waals surface area contributed by atoms with Crippen molar-refractivity contribution in [2.24, 2.45) is 0 Å².